The summed E-state index contributed by atoms with van der Waals surface area (Å²) < 4.78 is 5.67. The Labute approximate surface area is 109 Å². The molecular formula is C15H22O3. The van der Waals surface area contributed by atoms with E-state index in [1.807, 2.05) is 6.92 Å². The molecular weight excluding hydrogens is 228 g/mol. The van der Waals surface area contributed by atoms with Crippen molar-refractivity contribution >= 4 is 5.97 Å². The number of rotatable bonds is 7. The van der Waals surface area contributed by atoms with Crippen LogP contribution >= 0.6 is 0 Å². The van der Waals surface area contributed by atoms with Crippen LogP contribution < -0.4 is 4.74 Å². The van der Waals surface area contributed by atoms with Gasteiger partial charge in [-0.25, -0.2) is 4.79 Å². The second-order valence-corrected chi connectivity index (χ2v) is 4.79. The molecule has 0 amide bonds. The Hall–Kier alpha value is -1.51. The molecule has 0 spiro atoms. The van der Waals surface area contributed by atoms with Crippen molar-refractivity contribution in [3.63, 3.8) is 0 Å². The van der Waals surface area contributed by atoms with Crippen LogP contribution in [0.25, 0.3) is 0 Å². The summed E-state index contributed by atoms with van der Waals surface area (Å²) >= 11 is 0. The minimum Gasteiger partial charge on any atom is -0.493 e. The van der Waals surface area contributed by atoms with Crippen LogP contribution in [0.2, 0.25) is 0 Å². The number of benzene rings is 1. The molecule has 0 radical (unpaired) electrons. The van der Waals surface area contributed by atoms with Crippen molar-refractivity contribution in [2.24, 2.45) is 5.92 Å². The minimum absolute atomic E-state index is 0.305. The maximum absolute atomic E-state index is 10.8. The number of aromatic carboxylic acids is 1. The van der Waals surface area contributed by atoms with Gasteiger partial charge in [0, 0.05) is 0 Å². The summed E-state index contributed by atoms with van der Waals surface area (Å²) in [6.07, 6.45) is 3.41. The van der Waals surface area contributed by atoms with Gasteiger partial charge in [-0.15, -0.1) is 0 Å². The van der Waals surface area contributed by atoms with Crippen molar-refractivity contribution in [2.75, 3.05) is 6.61 Å². The molecule has 100 valence electrons. The van der Waals surface area contributed by atoms with Gasteiger partial charge in [-0.2, -0.15) is 0 Å². The molecule has 1 unspecified atom stereocenters. The van der Waals surface area contributed by atoms with Gasteiger partial charge in [0.1, 0.15) is 5.75 Å². The first-order valence-corrected chi connectivity index (χ1v) is 6.51. The Morgan fingerprint density at radius 1 is 1.44 bits per heavy atom. The summed E-state index contributed by atoms with van der Waals surface area (Å²) in [5.74, 6) is 0.620. The van der Waals surface area contributed by atoms with Crippen molar-refractivity contribution < 1.29 is 14.6 Å². The Morgan fingerprint density at radius 2 is 2.17 bits per heavy atom. The second kappa shape index (κ2) is 7.04. The summed E-state index contributed by atoms with van der Waals surface area (Å²) in [6, 6.07) is 4.97. The third-order valence-electron chi connectivity index (χ3n) is 3.22. The summed E-state index contributed by atoms with van der Waals surface area (Å²) in [5.41, 5.74) is 1.18. The fourth-order valence-electron chi connectivity index (χ4n) is 1.76. The van der Waals surface area contributed by atoms with E-state index in [9.17, 15) is 4.79 Å². The number of hydrogen-bond acceptors (Lipinski definition) is 2. The monoisotopic (exact) mass is 250 g/mol. The van der Waals surface area contributed by atoms with Crippen LogP contribution in [0.3, 0.4) is 0 Å². The third kappa shape index (κ3) is 4.40. The van der Waals surface area contributed by atoms with Gasteiger partial charge in [0.15, 0.2) is 0 Å². The zero-order valence-electron chi connectivity index (χ0n) is 11.4. The van der Waals surface area contributed by atoms with Crippen molar-refractivity contribution in [1.82, 2.24) is 0 Å². The SMILES string of the molecule is CCC(C)CCCOc1ccc(C(=O)O)cc1C. The molecule has 0 heterocycles. The predicted octanol–water partition coefficient (Wildman–Crippen LogP) is 3.90. The van der Waals surface area contributed by atoms with E-state index >= 15 is 0 Å². The van der Waals surface area contributed by atoms with Gasteiger partial charge in [-0.05, 0) is 49.4 Å². The molecule has 1 N–H and O–H groups in total. The molecule has 0 saturated heterocycles. The maximum atomic E-state index is 10.8. The zero-order chi connectivity index (χ0) is 13.5. The third-order valence-corrected chi connectivity index (χ3v) is 3.22. The number of hydrogen-bond donors (Lipinski definition) is 1. The molecule has 1 atom stereocenters. The Kier molecular flexibility index (Phi) is 5.69. The van der Waals surface area contributed by atoms with Crippen LogP contribution in [0.15, 0.2) is 18.2 Å². The van der Waals surface area contributed by atoms with E-state index in [1.54, 1.807) is 18.2 Å². The normalized spacial score (nSPS) is 12.2. The molecule has 1 rings (SSSR count). The molecule has 0 bridgehead atoms. The first-order valence-electron chi connectivity index (χ1n) is 6.51. The van der Waals surface area contributed by atoms with Gasteiger partial charge < -0.3 is 9.84 Å². The van der Waals surface area contributed by atoms with Gasteiger partial charge in [0.25, 0.3) is 0 Å². The van der Waals surface area contributed by atoms with E-state index in [4.69, 9.17) is 9.84 Å². The standard InChI is InChI=1S/C15H22O3/c1-4-11(2)6-5-9-18-14-8-7-13(15(16)17)10-12(14)3/h7-8,10-11H,4-6,9H2,1-3H3,(H,16,17). The van der Waals surface area contributed by atoms with Crippen molar-refractivity contribution in [3.8, 4) is 5.75 Å². The molecule has 1 aromatic carbocycles. The molecule has 3 nitrogen and oxygen atoms in total. The van der Waals surface area contributed by atoms with Gasteiger partial charge in [-0.1, -0.05) is 20.3 Å². The van der Waals surface area contributed by atoms with E-state index in [-0.39, 0.29) is 0 Å². The quantitative estimate of drug-likeness (QED) is 0.746. The summed E-state index contributed by atoms with van der Waals surface area (Å²) in [4.78, 5) is 10.8. The predicted molar refractivity (Wildman–Crippen MR) is 72.3 cm³/mol. The molecule has 0 aliphatic rings. The lowest BCUT2D eigenvalue weighted by atomic mass is 10.0. The molecule has 3 heteroatoms. The molecule has 1 aromatic rings. The highest BCUT2D eigenvalue weighted by atomic mass is 16.5. The lowest BCUT2D eigenvalue weighted by Crippen LogP contribution is -2.03. The smallest absolute Gasteiger partial charge is 0.335 e. The van der Waals surface area contributed by atoms with Crippen LogP contribution in [0.1, 0.15) is 49.0 Å². The fourth-order valence-corrected chi connectivity index (χ4v) is 1.76. The molecule has 18 heavy (non-hydrogen) atoms. The highest BCUT2D eigenvalue weighted by Crippen LogP contribution is 2.20. The van der Waals surface area contributed by atoms with Gasteiger partial charge in [0.05, 0.1) is 12.2 Å². The molecule has 0 aliphatic heterocycles. The molecule has 0 aromatic heterocycles. The van der Waals surface area contributed by atoms with Crippen molar-refractivity contribution in [2.45, 2.75) is 40.0 Å². The Morgan fingerprint density at radius 3 is 2.72 bits per heavy atom. The summed E-state index contributed by atoms with van der Waals surface area (Å²) in [5, 5.41) is 8.86. The van der Waals surface area contributed by atoms with E-state index in [2.05, 4.69) is 13.8 Å². The summed E-state index contributed by atoms with van der Waals surface area (Å²) in [7, 11) is 0. The van der Waals surface area contributed by atoms with E-state index in [0.29, 0.717) is 12.2 Å². The number of ether oxygens (including phenoxy) is 1. The molecule has 0 saturated carbocycles. The van der Waals surface area contributed by atoms with Gasteiger partial charge >= 0.3 is 5.97 Å². The summed E-state index contributed by atoms with van der Waals surface area (Å²) in [6.45, 7) is 7.00. The average Bonchev–Trinajstić information content (AvgIpc) is 2.35. The average molecular weight is 250 g/mol. The number of carboxylic acid groups (broad SMARTS) is 1. The van der Waals surface area contributed by atoms with Crippen LogP contribution in [-0.2, 0) is 0 Å². The highest BCUT2D eigenvalue weighted by molar-refractivity contribution is 5.88. The van der Waals surface area contributed by atoms with E-state index in [0.717, 1.165) is 23.7 Å². The number of carbonyl (C=O) groups is 1. The first kappa shape index (κ1) is 14.6. The Bertz CT molecular complexity index is 399. The Balaban J connectivity index is 2.46. The zero-order valence-corrected chi connectivity index (χ0v) is 11.4. The van der Waals surface area contributed by atoms with E-state index < -0.39 is 5.97 Å². The molecule has 0 aliphatic carbocycles. The van der Waals surface area contributed by atoms with Crippen molar-refractivity contribution in [3.05, 3.63) is 29.3 Å². The lowest BCUT2D eigenvalue weighted by molar-refractivity contribution is 0.0696. The minimum atomic E-state index is -0.901. The maximum Gasteiger partial charge on any atom is 0.335 e. The highest BCUT2D eigenvalue weighted by Gasteiger charge is 2.06. The lowest BCUT2D eigenvalue weighted by Gasteiger charge is -2.11. The van der Waals surface area contributed by atoms with Crippen LogP contribution in [-0.4, -0.2) is 17.7 Å². The second-order valence-electron chi connectivity index (χ2n) is 4.79. The van der Waals surface area contributed by atoms with Gasteiger partial charge in [0.2, 0.25) is 0 Å². The van der Waals surface area contributed by atoms with Crippen LogP contribution in [0, 0.1) is 12.8 Å². The fraction of sp³-hybridized carbons (Fsp3) is 0.533. The largest absolute Gasteiger partial charge is 0.493 e. The number of carboxylic acids is 1. The first-order chi connectivity index (χ1) is 8.54. The van der Waals surface area contributed by atoms with E-state index in [1.165, 1.54) is 12.8 Å². The topological polar surface area (TPSA) is 46.5 Å². The van der Waals surface area contributed by atoms with Gasteiger partial charge in [-0.3, -0.25) is 0 Å². The van der Waals surface area contributed by atoms with Crippen LogP contribution in [0.4, 0.5) is 0 Å². The number of aryl methyl sites for hydroxylation is 1. The van der Waals surface area contributed by atoms with Crippen LogP contribution in [0.5, 0.6) is 5.75 Å². The molecule has 0 fully saturated rings. The van der Waals surface area contributed by atoms with Crippen molar-refractivity contribution in [1.29, 1.82) is 0 Å².